The highest BCUT2D eigenvalue weighted by molar-refractivity contribution is 5.68. The summed E-state index contributed by atoms with van der Waals surface area (Å²) in [5.41, 5.74) is 1.75. The molecule has 1 fully saturated rings. The Morgan fingerprint density at radius 2 is 1.96 bits per heavy atom. The molecule has 1 aromatic heterocycles. The van der Waals surface area contributed by atoms with Crippen LogP contribution in [0.5, 0.6) is 0 Å². The third-order valence-electron chi connectivity index (χ3n) is 3.84. The van der Waals surface area contributed by atoms with Gasteiger partial charge in [-0.2, -0.15) is 0 Å². The summed E-state index contributed by atoms with van der Waals surface area (Å²) < 4.78 is 5.41. The molecule has 0 aromatic carbocycles. The van der Waals surface area contributed by atoms with Crippen molar-refractivity contribution >= 4 is 11.9 Å². The maximum absolute atomic E-state index is 12.1. The molecule has 128 valence electrons. The molecular weight excluding hydrogens is 294 g/mol. The van der Waals surface area contributed by atoms with Crippen LogP contribution in [-0.4, -0.2) is 59.5 Å². The number of anilines is 1. The van der Waals surface area contributed by atoms with Gasteiger partial charge in [0, 0.05) is 39.0 Å². The number of hydrogen-bond donors (Lipinski definition) is 1. The number of carbonyl (C=O) groups is 1. The van der Waals surface area contributed by atoms with Crippen molar-refractivity contribution in [3.05, 3.63) is 23.4 Å². The van der Waals surface area contributed by atoms with Crippen molar-refractivity contribution < 1.29 is 14.6 Å². The van der Waals surface area contributed by atoms with Crippen molar-refractivity contribution in [2.45, 2.75) is 39.7 Å². The number of aryl methyl sites for hydroxylation is 1. The number of aliphatic hydroxyl groups excluding tert-OH is 1. The van der Waals surface area contributed by atoms with Gasteiger partial charge >= 0.3 is 6.09 Å². The lowest BCUT2D eigenvalue weighted by Crippen LogP contribution is -2.50. The van der Waals surface area contributed by atoms with Crippen molar-refractivity contribution in [3.63, 3.8) is 0 Å². The summed E-state index contributed by atoms with van der Waals surface area (Å²) in [5.74, 6) is 0.924. The Hall–Kier alpha value is -1.82. The van der Waals surface area contributed by atoms with E-state index in [1.165, 1.54) is 0 Å². The summed E-state index contributed by atoms with van der Waals surface area (Å²) in [6, 6.07) is 2.05. The lowest BCUT2D eigenvalue weighted by atomic mass is 10.1. The van der Waals surface area contributed by atoms with Crippen LogP contribution in [-0.2, 0) is 11.2 Å². The minimum Gasteiger partial charge on any atom is -0.444 e. The van der Waals surface area contributed by atoms with Gasteiger partial charge in [0.1, 0.15) is 11.4 Å². The van der Waals surface area contributed by atoms with Gasteiger partial charge < -0.3 is 19.6 Å². The maximum Gasteiger partial charge on any atom is 0.410 e. The molecule has 1 aliphatic heterocycles. The second-order valence-corrected chi connectivity index (χ2v) is 6.90. The Kier molecular flexibility index (Phi) is 5.46. The fraction of sp³-hybridized carbons (Fsp3) is 0.647. The summed E-state index contributed by atoms with van der Waals surface area (Å²) in [7, 11) is 0. The number of piperazine rings is 1. The molecule has 1 aromatic rings. The van der Waals surface area contributed by atoms with Gasteiger partial charge in [0.2, 0.25) is 0 Å². The lowest BCUT2D eigenvalue weighted by molar-refractivity contribution is 0.0240. The summed E-state index contributed by atoms with van der Waals surface area (Å²) in [5, 5.41) is 9.04. The molecule has 0 saturated carbocycles. The number of rotatable bonds is 3. The minimum atomic E-state index is -0.463. The molecular formula is C17H27N3O3. The number of aromatic nitrogens is 1. The van der Waals surface area contributed by atoms with Gasteiger partial charge in [-0.15, -0.1) is 0 Å². The summed E-state index contributed by atoms with van der Waals surface area (Å²) in [4.78, 5) is 20.5. The lowest BCUT2D eigenvalue weighted by Gasteiger charge is -2.36. The van der Waals surface area contributed by atoms with Gasteiger partial charge in [-0.1, -0.05) is 0 Å². The first-order valence-electron chi connectivity index (χ1n) is 8.09. The number of nitrogens with zero attached hydrogens (tertiary/aromatic N) is 3. The Balaban J connectivity index is 1.94. The second-order valence-electron chi connectivity index (χ2n) is 6.90. The van der Waals surface area contributed by atoms with Crippen molar-refractivity contribution in [3.8, 4) is 0 Å². The van der Waals surface area contributed by atoms with Crippen LogP contribution in [0.1, 0.15) is 31.9 Å². The molecule has 1 saturated heterocycles. The molecule has 6 nitrogen and oxygen atoms in total. The fourth-order valence-electron chi connectivity index (χ4n) is 2.57. The highest BCUT2D eigenvalue weighted by Gasteiger charge is 2.26. The Bertz CT molecular complexity index is 547. The molecule has 0 aliphatic carbocycles. The molecule has 6 heteroatoms. The second kappa shape index (κ2) is 7.17. The van der Waals surface area contributed by atoms with Gasteiger partial charge in [0.15, 0.2) is 0 Å². The standard InChI is InChI=1S/C17H27N3O3/c1-13-11-15(18-12-14(13)5-10-21)19-6-8-20(9-7-19)16(22)23-17(2,3)4/h11-12,21H,5-10H2,1-4H3. The van der Waals surface area contributed by atoms with Crippen LogP contribution in [0.4, 0.5) is 10.6 Å². The average Bonchev–Trinajstić information content (AvgIpc) is 2.48. The van der Waals surface area contributed by atoms with Crippen molar-refractivity contribution in [1.29, 1.82) is 0 Å². The highest BCUT2D eigenvalue weighted by Crippen LogP contribution is 2.19. The molecule has 1 N–H and O–H groups in total. The Morgan fingerprint density at radius 1 is 1.30 bits per heavy atom. The molecule has 0 radical (unpaired) electrons. The molecule has 0 bridgehead atoms. The monoisotopic (exact) mass is 321 g/mol. The first-order valence-corrected chi connectivity index (χ1v) is 8.09. The normalized spacial score (nSPS) is 15.7. The van der Waals surface area contributed by atoms with Gasteiger partial charge in [0.05, 0.1) is 0 Å². The summed E-state index contributed by atoms with van der Waals surface area (Å²) >= 11 is 0. The van der Waals surface area contributed by atoms with E-state index in [4.69, 9.17) is 9.84 Å². The molecule has 0 unspecified atom stereocenters. The molecule has 1 amide bonds. The van der Waals surface area contributed by atoms with E-state index in [1.807, 2.05) is 40.0 Å². The Morgan fingerprint density at radius 3 is 2.48 bits per heavy atom. The van der Waals surface area contributed by atoms with E-state index in [1.54, 1.807) is 4.90 Å². The smallest absolute Gasteiger partial charge is 0.410 e. The number of carbonyl (C=O) groups excluding carboxylic acids is 1. The van der Waals surface area contributed by atoms with Gasteiger partial charge in [-0.25, -0.2) is 9.78 Å². The zero-order chi connectivity index (χ0) is 17.0. The minimum absolute atomic E-state index is 0.135. The number of ether oxygens (including phenoxy) is 1. The fourth-order valence-corrected chi connectivity index (χ4v) is 2.57. The van der Waals surface area contributed by atoms with E-state index in [2.05, 4.69) is 9.88 Å². The zero-order valence-corrected chi connectivity index (χ0v) is 14.5. The van der Waals surface area contributed by atoms with E-state index >= 15 is 0 Å². The van der Waals surface area contributed by atoms with Crippen LogP contribution in [0.15, 0.2) is 12.3 Å². The topological polar surface area (TPSA) is 65.9 Å². The third-order valence-corrected chi connectivity index (χ3v) is 3.84. The SMILES string of the molecule is Cc1cc(N2CCN(C(=O)OC(C)(C)C)CC2)ncc1CCO. The van der Waals surface area contributed by atoms with Gasteiger partial charge in [0.25, 0.3) is 0 Å². The molecule has 0 spiro atoms. The maximum atomic E-state index is 12.1. The van der Waals surface area contributed by atoms with E-state index in [0.717, 1.165) is 30.0 Å². The third kappa shape index (κ3) is 4.82. The highest BCUT2D eigenvalue weighted by atomic mass is 16.6. The van der Waals surface area contributed by atoms with Crippen LogP contribution >= 0.6 is 0 Å². The van der Waals surface area contributed by atoms with E-state index < -0.39 is 5.60 Å². The predicted octanol–water partition coefficient (Wildman–Crippen LogP) is 1.98. The van der Waals surface area contributed by atoms with Crippen LogP contribution in [0, 0.1) is 6.92 Å². The van der Waals surface area contributed by atoms with Crippen molar-refractivity contribution in [2.24, 2.45) is 0 Å². The molecule has 23 heavy (non-hydrogen) atoms. The van der Waals surface area contributed by atoms with Crippen molar-refractivity contribution in [1.82, 2.24) is 9.88 Å². The first-order chi connectivity index (χ1) is 10.8. The number of pyridine rings is 1. The predicted molar refractivity (Wildman–Crippen MR) is 89.8 cm³/mol. The number of hydrogen-bond acceptors (Lipinski definition) is 5. The van der Waals surface area contributed by atoms with Crippen molar-refractivity contribution in [2.75, 3.05) is 37.7 Å². The van der Waals surface area contributed by atoms with Gasteiger partial charge in [-0.3, -0.25) is 0 Å². The summed E-state index contributed by atoms with van der Waals surface area (Å²) in [6.45, 7) is 10.5. The van der Waals surface area contributed by atoms with E-state index in [-0.39, 0.29) is 12.7 Å². The molecule has 2 rings (SSSR count). The number of amides is 1. The van der Waals surface area contributed by atoms with E-state index in [0.29, 0.717) is 19.5 Å². The largest absolute Gasteiger partial charge is 0.444 e. The number of aliphatic hydroxyl groups is 1. The molecule has 1 aliphatic rings. The van der Waals surface area contributed by atoms with Crippen LogP contribution in [0.25, 0.3) is 0 Å². The van der Waals surface area contributed by atoms with Crippen LogP contribution < -0.4 is 4.90 Å². The molecule has 2 heterocycles. The van der Waals surface area contributed by atoms with E-state index in [9.17, 15) is 4.79 Å². The van der Waals surface area contributed by atoms with Gasteiger partial charge in [-0.05, 0) is 51.3 Å². The average molecular weight is 321 g/mol. The molecule has 0 atom stereocenters. The van der Waals surface area contributed by atoms with Crippen LogP contribution in [0.2, 0.25) is 0 Å². The van der Waals surface area contributed by atoms with Crippen LogP contribution in [0.3, 0.4) is 0 Å². The summed E-state index contributed by atoms with van der Waals surface area (Å²) in [6.07, 6.45) is 2.21. The Labute approximate surface area is 138 Å². The quantitative estimate of drug-likeness (QED) is 0.922. The first kappa shape index (κ1) is 17.5. The zero-order valence-electron chi connectivity index (χ0n) is 14.5.